The summed E-state index contributed by atoms with van der Waals surface area (Å²) in [5.41, 5.74) is 5.55. The lowest BCUT2D eigenvalue weighted by Crippen LogP contribution is -2.34. The van der Waals surface area contributed by atoms with Gasteiger partial charge in [0.05, 0.1) is 0 Å². The normalized spacial score (nSPS) is 17.0. The molecule has 1 amide bonds. The van der Waals surface area contributed by atoms with Crippen LogP contribution in [0.3, 0.4) is 0 Å². The lowest BCUT2D eigenvalue weighted by molar-refractivity contribution is -0.125. The van der Waals surface area contributed by atoms with Crippen LogP contribution in [-0.4, -0.2) is 48.4 Å². The van der Waals surface area contributed by atoms with Gasteiger partial charge in [-0.05, 0) is 99.1 Å². The molecule has 1 aliphatic rings. The molecule has 1 rings (SSSR count). The van der Waals surface area contributed by atoms with E-state index in [4.69, 9.17) is 0 Å². The van der Waals surface area contributed by atoms with E-state index < -0.39 is 0 Å². The molecule has 0 atom stereocenters. The molecule has 0 aromatic rings. The van der Waals surface area contributed by atoms with Crippen LogP contribution in [0.5, 0.6) is 0 Å². The standard InChI is InChI=1S/C28H48N2O/c1-7-18-29-19-11-20-30(22-21-29)28(31)23-27(6)17-10-16-26(5)15-9-14-25(4)13-8-12-24(2)3/h12,14,16,23H,7-11,13,15,17-22H2,1-6H3. The number of carbonyl (C=O) groups excluding carboxylic acids is 1. The molecule has 0 aromatic heterocycles. The SMILES string of the molecule is CCCN1CCCN(C(=O)C=C(C)CCC=C(C)CCC=C(C)CCC=C(C)C)CC1. The average molecular weight is 429 g/mol. The molecule has 0 aromatic carbocycles. The van der Waals surface area contributed by atoms with Crippen molar-refractivity contribution in [3.63, 3.8) is 0 Å². The van der Waals surface area contributed by atoms with Crippen molar-refractivity contribution < 1.29 is 4.79 Å². The first-order valence-electron chi connectivity index (χ1n) is 12.4. The van der Waals surface area contributed by atoms with Crippen LogP contribution in [-0.2, 0) is 4.79 Å². The number of amides is 1. The highest BCUT2D eigenvalue weighted by Crippen LogP contribution is 2.14. The van der Waals surface area contributed by atoms with Crippen molar-refractivity contribution in [2.45, 2.75) is 92.9 Å². The minimum atomic E-state index is 0.199. The van der Waals surface area contributed by atoms with Gasteiger partial charge < -0.3 is 9.80 Å². The van der Waals surface area contributed by atoms with E-state index in [-0.39, 0.29) is 5.91 Å². The van der Waals surface area contributed by atoms with Gasteiger partial charge >= 0.3 is 0 Å². The van der Waals surface area contributed by atoms with Crippen LogP contribution in [0.25, 0.3) is 0 Å². The number of nitrogens with zero attached hydrogens (tertiary/aromatic N) is 2. The second-order valence-corrected chi connectivity index (χ2v) is 9.51. The fourth-order valence-electron chi connectivity index (χ4n) is 3.99. The third-order valence-electron chi connectivity index (χ3n) is 5.96. The third kappa shape index (κ3) is 13.4. The molecule has 176 valence electrons. The molecule has 0 aliphatic carbocycles. The minimum Gasteiger partial charge on any atom is -0.338 e. The molecule has 3 nitrogen and oxygen atoms in total. The van der Waals surface area contributed by atoms with Crippen LogP contribution in [0, 0.1) is 0 Å². The summed E-state index contributed by atoms with van der Waals surface area (Å²) in [6.45, 7) is 18.2. The number of allylic oxidation sites excluding steroid dienone is 7. The van der Waals surface area contributed by atoms with Crippen molar-refractivity contribution in [3.8, 4) is 0 Å². The Hall–Kier alpha value is -1.61. The Morgan fingerprint density at radius 2 is 1.32 bits per heavy atom. The quantitative estimate of drug-likeness (QED) is 0.245. The Labute approximate surface area is 193 Å². The highest BCUT2D eigenvalue weighted by Gasteiger charge is 2.17. The van der Waals surface area contributed by atoms with Crippen LogP contribution in [0.4, 0.5) is 0 Å². The second kappa shape index (κ2) is 16.1. The Balaban J connectivity index is 2.34. The molecule has 1 aliphatic heterocycles. The molecule has 1 saturated heterocycles. The van der Waals surface area contributed by atoms with Crippen molar-refractivity contribution in [1.82, 2.24) is 9.80 Å². The number of rotatable bonds is 12. The summed E-state index contributed by atoms with van der Waals surface area (Å²) in [5.74, 6) is 0.199. The topological polar surface area (TPSA) is 23.6 Å². The highest BCUT2D eigenvalue weighted by atomic mass is 16.2. The molecule has 0 saturated carbocycles. The van der Waals surface area contributed by atoms with Crippen LogP contribution in [0.2, 0.25) is 0 Å². The first-order valence-corrected chi connectivity index (χ1v) is 12.4. The van der Waals surface area contributed by atoms with E-state index in [2.05, 4.69) is 64.7 Å². The van der Waals surface area contributed by atoms with E-state index in [1.807, 2.05) is 11.0 Å². The van der Waals surface area contributed by atoms with Crippen molar-refractivity contribution in [3.05, 3.63) is 46.6 Å². The van der Waals surface area contributed by atoms with Crippen molar-refractivity contribution in [2.24, 2.45) is 0 Å². The molecule has 3 heteroatoms. The van der Waals surface area contributed by atoms with Crippen LogP contribution in [0.1, 0.15) is 92.9 Å². The van der Waals surface area contributed by atoms with Gasteiger partial charge in [-0.2, -0.15) is 0 Å². The highest BCUT2D eigenvalue weighted by molar-refractivity contribution is 5.88. The zero-order valence-electron chi connectivity index (χ0n) is 21.3. The Bertz CT molecular complexity index is 650. The summed E-state index contributed by atoms with van der Waals surface area (Å²) in [4.78, 5) is 17.2. The van der Waals surface area contributed by atoms with E-state index in [0.717, 1.165) is 71.2 Å². The molecule has 0 spiro atoms. The molecule has 31 heavy (non-hydrogen) atoms. The maximum atomic E-state index is 12.6. The fraction of sp³-hybridized carbons (Fsp3) is 0.679. The Morgan fingerprint density at radius 1 is 0.742 bits per heavy atom. The zero-order chi connectivity index (χ0) is 23.1. The predicted octanol–water partition coefficient (Wildman–Crippen LogP) is 7.08. The molecule has 1 fully saturated rings. The first kappa shape index (κ1) is 27.4. The molecule has 0 radical (unpaired) electrons. The van der Waals surface area contributed by atoms with Crippen molar-refractivity contribution >= 4 is 5.91 Å². The number of hydrogen-bond donors (Lipinski definition) is 0. The summed E-state index contributed by atoms with van der Waals surface area (Å²) in [7, 11) is 0. The summed E-state index contributed by atoms with van der Waals surface area (Å²) >= 11 is 0. The Morgan fingerprint density at radius 3 is 1.90 bits per heavy atom. The maximum Gasteiger partial charge on any atom is 0.246 e. The Kier molecular flexibility index (Phi) is 14.2. The molecule has 0 N–H and O–H groups in total. The van der Waals surface area contributed by atoms with Crippen molar-refractivity contribution in [1.29, 1.82) is 0 Å². The van der Waals surface area contributed by atoms with Crippen molar-refractivity contribution in [2.75, 3.05) is 32.7 Å². The van der Waals surface area contributed by atoms with E-state index in [1.54, 1.807) is 0 Å². The lowest BCUT2D eigenvalue weighted by atomic mass is 10.0. The third-order valence-corrected chi connectivity index (χ3v) is 5.96. The van der Waals surface area contributed by atoms with E-state index in [9.17, 15) is 4.79 Å². The molecule has 0 unspecified atom stereocenters. The summed E-state index contributed by atoms with van der Waals surface area (Å²) in [6.07, 6.45) is 17.8. The molecule has 0 bridgehead atoms. The van der Waals surface area contributed by atoms with Gasteiger partial charge in [-0.3, -0.25) is 4.79 Å². The van der Waals surface area contributed by atoms with Gasteiger partial charge in [0.25, 0.3) is 0 Å². The predicted molar refractivity (Wildman–Crippen MR) is 136 cm³/mol. The van der Waals surface area contributed by atoms with E-state index in [1.165, 1.54) is 35.1 Å². The molecular formula is C28H48N2O. The van der Waals surface area contributed by atoms with E-state index in [0.29, 0.717) is 0 Å². The maximum absolute atomic E-state index is 12.6. The van der Waals surface area contributed by atoms with Gasteiger partial charge in [0.15, 0.2) is 0 Å². The zero-order valence-corrected chi connectivity index (χ0v) is 21.3. The monoisotopic (exact) mass is 428 g/mol. The number of carbonyl (C=O) groups is 1. The minimum absolute atomic E-state index is 0.199. The molecule has 1 heterocycles. The number of hydrogen-bond acceptors (Lipinski definition) is 2. The van der Waals surface area contributed by atoms with Gasteiger partial charge in [-0.25, -0.2) is 0 Å². The van der Waals surface area contributed by atoms with Gasteiger partial charge in [-0.15, -0.1) is 0 Å². The van der Waals surface area contributed by atoms with Crippen LogP contribution >= 0.6 is 0 Å². The summed E-state index contributed by atoms with van der Waals surface area (Å²) in [6, 6.07) is 0. The van der Waals surface area contributed by atoms with Gasteiger partial charge in [0.1, 0.15) is 0 Å². The van der Waals surface area contributed by atoms with Crippen LogP contribution in [0.15, 0.2) is 46.6 Å². The van der Waals surface area contributed by atoms with Crippen LogP contribution < -0.4 is 0 Å². The average Bonchev–Trinajstić information content (AvgIpc) is 2.93. The van der Waals surface area contributed by atoms with E-state index >= 15 is 0 Å². The van der Waals surface area contributed by atoms with Gasteiger partial charge in [0.2, 0.25) is 5.91 Å². The largest absolute Gasteiger partial charge is 0.338 e. The second-order valence-electron chi connectivity index (χ2n) is 9.51. The summed E-state index contributed by atoms with van der Waals surface area (Å²) < 4.78 is 0. The fourth-order valence-corrected chi connectivity index (χ4v) is 3.99. The first-order chi connectivity index (χ1) is 14.8. The van der Waals surface area contributed by atoms with Gasteiger partial charge in [0, 0.05) is 25.7 Å². The van der Waals surface area contributed by atoms with Gasteiger partial charge in [-0.1, -0.05) is 47.4 Å². The summed E-state index contributed by atoms with van der Waals surface area (Å²) in [5, 5.41) is 0. The lowest BCUT2D eigenvalue weighted by Gasteiger charge is -2.20. The molecular weight excluding hydrogens is 380 g/mol. The smallest absolute Gasteiger partial charge is 0.246 e.